The molecule has 3 heterocycles. The van der Waals surface area contributed by atoms with Gasteiger partial charge in [-0.3, -0.25) is 14.5 Å². The zero-order valence-electron chi connectivity index (χ0n) is 14.3. The molecular formula is C18H15N7O2. The largest absolute Gasteiger partial charge is 0.444 e. The molecule has 9 heteroatoms. The van der Waals surface area contributed by atoms with Crippen molar-refractivity contribution in [2.45, 2.75) is 0 Å². The van der Waals surface area contributed by atoms with Crippen LogP contribution in [0.1, 0.15) is 10.5 Å². The van der Waals surface area contributed by atoms with Crippen LogP contribution in [-0.2, 0) is 7.05 Å². The lowest BCUT2D eigenvalue weighted by molar-refractivity contribution is 0.102. The third-order valence-corrected chi connectivity index (χ3v) is 3.90. The standard InChI is InChI=1S/C18H15N7O2/c1-25-9-12(5-23-25)15-6-22-16(7-21-15)18(26)24-14-4-11(2-3-13(14)19)17-8-20-10-27-17/h2-10H,19H2,1H3,(H,24,26). The van der Waals surface area contributed by atoms with E-state index in [4.69, 9.17) is 10.2 Å². The minimum absolute atomic E-state index is 0.173. The Morgan fingerprint density at radius 3 is 2.70 bits per heavy atom. The fraction of sp³-hybridized carbons (Fsp3) is 0.0556. The summed E-state index contributed by atoms with van der Waals surface area (Å²) in [6.07, 6.45) is 9.36. The average Bonchev–Trinajstić information content (AvgIpc) is 3.35. The summed E-state index contributed by atoms with van der Waals surface area (Å²) < 4.78 is 6.94. The van der Waals surface area contributed by atoms with E-state index < -0.39 is 5.91 Å². The number of nitrogens with one attached hydrogen (secondary N) is 1. The Labute approximate surface area is 153 Å². The molecule has 0 fully saturated rings. The van der Waals surface area contributed by atoms with Gasteiger partial charge in [0.15, 0.2) is 12.2 Å². The summed E-state index contributed by atoms with van der Waals surface area (Å²) in [5, 5.41) is 6.84. The van der Waals surface area contributed by atoms with Crippen LogP contribution in [0.15, 0.2) is 60.0 Å². The van der Waals surface area contributed by atoms with E-state index in [0.717, 1.165) is 11.1 Å². The van der Waals surface area contributed by atoms with Crippen LogP contribution in [-0.4, -0.2) is 30.6 Å². The fourth-order valence-electron chi connectivity index (χ4n) is 2.51. The lowest BCUT2D eigenvalue weighted by Crippen LogP contribution is -2.15. The van der Waals surface area contributed by atoms with Crippen molar-refractivity contribution in [3.8, 4) is 22.6 Å². The summed E-state index contributed by atoms with van der Waals surface area (Å²) in [4.78, 5) is 24.8. The van der Waals surface area contributed by atoms with Gasteiger partial charge in [0.1, 0.15) is 5.69 Å². The van der Waals surface area contributed by atoms with Crippen LogP contribution in [0.25, 0.3) is 22.6 Å². The molecule has 4 rings (SSSR count). The first-order valence-electron chi connectivity index (χ1n) is 8.01. The Bertz CT molecular complexity index is 1090. The number of carbonyl (C=O) groups is 1. The van der Waals surface area contributed by atoms with Gasteiger partial charge in [-0.25, -0.2) is 9.97 Å². The van der Waals surface area contributed by atoms with E-state index in [-0.39, 0.29) is 5.69 Å². The van der Waals surface area contributed by atoms with Gasteiger partial charge in [-0.05, 0) is 18.2 Å². The number of nitrogens with zero attached hydrogens (tertiary/aromatic N) is 5. The van der Waals surface area contributed by atoms with E-state index in [1.807, 2.05) is 13.2 Å². The Kier molecular flexibility index (Phi) is 4.09. The Morgan fingerprint density at radius 1 is 1.15 bits per heavy atom. The monoisotopic (exact) mass is 361 g/mol. The predicted molar refractivity (Wildman–Crippen MR) is 98.5 cm³/mol. The molecule has 3 N–H and O–H groups in total. The lowest BCUT2D eigenvalue weighted by atomic mass is 10.1. The van der Waals surface area contributed by atoms with Crippen molar-refractivity contribution in [1.29, 1.82) is 0 Å². The van der Waals surface area contributed by atoms with E-state index in [9.17, 15) is 4.79 Å². The maximum Gasteiger partial charge on any atom is 0.275 e. The summed E-state index contributed by atoms with van der Waals surface area (Å²) in [6.45, 7) is 0. The van der Waals surface area contributed by atoms with Gasteiger partial charge in [0, 0.05) is 24.4 Å². The van der Waals surface area contributed by atoms with E-state index in [1.54, 1.807) is 35.3 Å². The highest BCUT2D eigenvalue weighted by atomic mass is 16.3. The molecule has 1 amide bonds. The molecule has 0 saturated carbocycles. The highest BCUT2D eigenvalue weighted by molar-refractivity contribution is 6.04. The number of nitrogens with two attached hydrogens (primary N) is 1. The zero-order chi connectivity index (χ0) is 18.8. The number of hydrogen-bond acceptors (Lipinski definition) is 7. The third-order valence-electron chi connectivity index (χ3n) is 3.90. The molecule has 134 valence electrons. The maximum atomic E-state index is 12.5. The van der Waals surface area contributed by atoms with Gasteiger partial charge in [-0.2, -0.15) is 5.10 Å². The molecule has 0 spiro atoms. The highest BCUT2D eigenvalue weighted by Gasteiger charge is 2.13. The first kappa shape index (κ1) is 16.5. The fourth-order valence-corrected chi connectivity index (χ4v) is 2.51. The summed E-state index contributed by atoms with van der Waals surface area (Å²) in [7, 11) is 1.82. The summed E-state index contributed by atoms with van der Waals surface area (Å²) in [6, 6.07) is 5.18. The first-order valence-corrected chi connectivity index (χ1v) is 8.01. The molecule has 27 heavy (non-hydrogen) atoms. The molecule has 3 aromatic heterocycles. The molecule has 0 aliphatic rings. The van der Waals surface area contributed by atoms with E-state index in [1.165, 1.54) is 18.8 Å². The number of aromatic nitrogens is 5. The average molecular weight is 361 g/mol. The minimum Gasteiger partial charge on any atom is -0.444 e. The predicted octanol–water partition coefficient (Wildman–Crippen LogP) is 2.37. The second-order valence-corrected chi connectivity index (χ2v) is 5.81. The van der Waals surface area contributed by atoms with Gasteiger partial charge in [-0.15, -0.1) is 0 Å². The molecule has 0 unspecified atom stereocenters. The molecule has 0 saturated heterocycles. The van der Waals surface area contributed by atoms with Gasteiger partial charge >= 0.3 is 0 Å². The number of carbonyl (C=O) groups excluding carboxylic acids is 1. The van der Waals surface area contributed by atoms with E-state index in [0.29, 0.717) is 22.8 Å². The van der Waals surface area contributed by atoms with Crippen LogP contribution in [0, 0.1) is 0 Å². The molecule has 0 bridgehead atoms. The molecule has 9 nitrogen and oxygen atoms in total. The SMILES string of the molecule is Cn1cc(-c2cnc(C(=O)Nc3cc(-c4cnco4)ccc3N)cn2)cn1. The van der Waals surface area contributed by atoms with Crippen molar-refractivity contribution in [1.82, 2.24) is 24.7 Å². The number of aryl methyl sites for hydroxylation is 1. The Balaban J connectivity index is 1.54. The molecule has 0 radical (unpaired) electrons. The Morgan fingerprint density at radius 2 is 2.04 bits per heavy atom. The first-order chi connectivity index (χ1) is 13.1. The van der Waals surface area contributed by atoms with Crippen LogP contribution < -0.4 is 11.1 Å². The number of rotatable bonds is 4. The summed E-state index contributed by atoms with van der Waals surface area (Å²) in [5.41, 5.74) is 9.21. The minimum atomic E-state index is -0.415. The number of amides is 1. The molecule has 0 aliphatic carbocycles. The van der Waals surface area contributed by atoms with Crippen LogP contribution in [0.2, 0.25) is 0 Å². The van der Waals surface area contributed by atoms with Gasteiger partial charge in [0.2, 0.25) is 0 Å². The van der Waals surface area contributed by atoms with E-state index in [2.05, 4.69) is 25.4 Å². The number of nitrogen functional groups attached to an aromatic ring is 1. The maximum absolute atomic E-state index is 12.5. The summed E-state index contributed by atoms with van der Waals surface area (Å²) in [5.74, 6) is 0.160. The molecule has 4 aromatic rings. The number of benzene rings is 1. The lowest BCUT2D eigenvalue weighted by Gasteiger charge is -2.09. The van der Waals surface area contributed by atoms with Crippen LogP contribution in [0.4, 0.5) is 11.4 Å². The van der Waals surface area contributed by atoms with Crippen LogP contribution in [0.3, 0.4) is 0 Å². The molecule has 1 aromatic carbocycles. The smallest absolute Gasteiger partial charge is 0.275 e. The van der Waals surface area contributed by atoms with Crippen LogP contribution >= 0.6 is 0 Å². The second-order valence-electron chi connectivity index (χ2n) is 5.81. The van der Waals surface area contributed by atoms with Gasteiger partial charge in [-0.1, -0.05) is 0 Å². The number of hydrogen-bond donors (Lipinski definition) is 2. The molecule has 0 aliphatic heterocycles. The van der Waals surface area contributed by atoms with Crippen LogP contribution in [0.5, 0.6) is 0 Å². The Hall–Kier alpha value is -4.01. The normalized spacial score (nSPS) is 10.7. The second kappa shape index (κ2) is 6.71. The topological polar surface area (TPSA) is 125 Å². The highest BCUT2D eigenvalue weighted by Crippen LogP contribution is 2.27. The van der Waals surface area contributed by atoms with Gasteiger partial charge in [0.25, 0.3) is 5.91 Å². The van der Waals surface area contributed by atoms with Crippen molar-refractivity contribution in [3.63, 3.8) is 0 Å². The number of anilines is 2. The van der Waals surface area contributed by atoms with Gasteiger partial charge < -0.3 is 15.5 Å². The molecule has 0 atom stereocenters. The zero-order valence-corrected chi connectivity index (χ0v) is 14.3. The van der Waals surface area contributed by atoms with E-state index >= 15 is 0 Å². The summed E-state index contributed by atoms with van der Waals surface area (Å²) >= 11 is 0. The van der Waals surface area contributed by atoms with Crippen molar-refractivity contribution >= 4 is 17.3 Å². The number of oxazole rings is 1. The van der Waals surface area contributed by atoms with Crippen molar-refractivity contribution in [2.24, 2.45) is 7.05 Å². The van der Waals surface area contributed by atoms with Crippen molar-refractivity contribution < 1.29 is 9.21 Å². The van der Waals surface area contributed by atoms with Crippen molar-refractivity contribution in [2.75, 3.05) is 11.1 Å². The third kappa shape index (κ3) is 3.38. The van der Waals surface area contributed by atoms with Crippen molar-refractivity contribution in [3.05, 3.63) is 61.3 Å². The quantitative estimate of drug-likeness (QED) is 0.535. The van der Waals surface area contributed by atoms with Gasteiger partial charge in [0.05, 0.1) is 41.9 Å². The molecular weight excluding hydrogens is 346 g/mol.